The van der Waals surface area contributed by atoms with Crippen LogP contribution < -0.4 is 5.32 Å². The van der Waals surface area contributed by atoms with Gasteiger partial charge in [0.25, 0.3) is 0 Å². The van der Waals surface area contributed by atoms with Crippen LogP contribution >= 0.6 is 15.9 Å². The second-order valence-corrected chi connectivity index (χ2v) is 9.72. The molecule has 0 aromatic rings. The third-order valence-corrected chi connectivity index (χ3v) is 4.93. The summed E-state index contributed by atoms with van der Waals surface area (Å²) in [7, 11) is 2.37. The van der Waals surface area contributed by atoms with Gasteiger partial charge in [-0.2, -0.15) is 0 Å². The molecule has 1 N–H and O–H groups in total. The van der Waals surface area contributed by atoms with E-state index < -0.39 is 47.4 Å². The van der Waals surface area contributed by atoms with E-state index in [2.05, 4.69) is 21.2 Å². The van der Waals surface area contributed by atoms with Gasteiger partial charge in [0.2, 0.25) is 0 Å². The van der Waals surface area contributed by atoms with Crippen molar-refractivity contribution >= 4 is 40.1 Å². The number of halogens is 1. The first-order valence-corrected chi connectivity index (χ1v) is 10.5. The number of ether oxygens (including phenoxy) is 4. The second-order valence-electron chi connectivity index (χ2n) is 8.86. The quantitative estimate of drug-likeness (QED) is 0.350. The standard InChI is InChI=1S/C20H31BrN2O8/c1-19(2,3)30-17(26)22-14(16(25)29-8)13(21)11-9-10-12(15(24)28-7)23(11)18(27)31-20(4,5)6/h11-12H,9-10H2,1-8H3,(H,22,26)/b14-13-/t11-,12+/m1/s1. The zero-order chi connectivity index (χ0) is 24.1. The fraction of sp³-hybridized carbons (Fsp3) is 0.700. The lowest BCUT2D eigenvalue weighted by Gasteiger charge is -2.32. The Balaban J connectivity index is 3.38. The number of esters is 2. The molecule has 1 fully saturated rings. The average molecular weight is 507 g/mol. The van der Waals surface area contributed by atoms with Gasteiger partial charge in [0, 0.05) is 4.48 Å². The third-order valence-electron chi connectivity index (χ3n) is 4.01. The summed E-state index contributed by atoms with van der Waals surface area (Å²) in [6, 6.07) is -1.71. The van der Waals surface area contributed by atoms with E-state index in [1.807, 2.05) is 0 Å². The maximum absolute atomic E-state index is 12.9. The molecular formula is C20H31BrN2O8. The molecule has 1 rings (SSSR count). The Morgan fingerprint density at radius 1 is 0.871 bits per heavy atom. The van der Waals surface area contributed by atoms with E-state index in [1.54, 1.807) is 41.5 Å². The zero-order valence-corrected chi connectivity index (χ0v) is 20.7. The fourth-order valence-corrected chi connectivity index (χ4v) is 3.59. The Kier molecular flexibility index (Phi) is 8.92. The average Bonchev–Trinajstić information content (AvgIpc) is 3.06. The second kappa shape index (κ2) is 10.3. The normalized spacial score (nSPS) is 19.8. The van der Waals surface area contributed by atoms with Crippen molar-refractivity contribution < 1.29 is 38.1 Å². The lowest BCUT2D eigenvalue weighted by molar-refractivity contribution is -0.146. The van der Waals surface area contributed by atoms with Crippen LogP contribution in [0.3, 0.4) is 0 Å². The molecule has 0 bridgehead atoms. The molecule has 1 heterocycles. The molecule has 0 spiro atoms. The predicted molar refractivity (Wildman–Crippen MR) is 114 cm³/mol. The van der Waals surface area contributed by atoms with Crippen molar-refractivity contribution in [3.8, 4) is 0 Å². The Bertz CT molecular complexity index is 751. The molecule has 176 valence electrons. The van der Waals surface area contributed by atoms with E-state index in [9.17, 15) is 19.2 Å². The van der Waals surface area contributed by atoms with Crippen molar-refractivity contribution in [1.82, 2.24) is 10.2 Å². The van der Waals surface area contributed by atoms with E-state index in [1.165, 1.54) is 12.0 Å². The number of carbonyl (C=O) groups excluding carboxylic acids is 4. The SMILES string of the molecule is COC(=O)/C(NC(=O)OC(C)(C)C)=C(/Br)[C@H]1CC[C@@H](C(=O)OC)N1C(=O)OC(C)(C)C. The van der Waals surface area contributed by atoms with Crippen molar-refractivity contribution in [3.05, 3.63) is 10.2 Å². The fourth-order valence-electron chi connectivity index (χ4n) is 2.88. The van der Waals surface area contributed by atoms with Gasteiger partial charge in [-0.05, 0) is 54.4 Å². The molecule has 10 nitrogen and oxygen atoms in total. The zero-order valence-electron chi connectivity index (χ0n) is 19.2. The van der Waals surface area contributed by atoms with E-state index in [4.69, 9.17) is 18.9 Å². The lowest BCUT2D eigenvalue weighted by atomic mass is 10.1. The van der Waals surface area contributed by atoms with Crippen LogP contribution in [0.4, 0.5) is 9.59 Å². The van der Waals surface area contributed by atoms with Crippen LogP contribution in [0.1, 0.15) is 54.4 Å². The molecular weight excluding hydrogens is 476 g/mol. The summed E-state index contributed by atoms with van der Waals surface area (Å²) >= 11 is 3.31. The highest BCUT2D eigenvalue weighted by Crippen LogP contribution is 2.35. The van der Waals surface area contributed by atoms with Gasteiger partial charge in [-0.1, -0.05) is 15.9 Å². The van der Waals surface area contributed by atoms with E-state index in [-0.39, 0.29) is 16.6 Å². The monoisotopic (exact) mass is 506 g/mol. The molecule has 0 aromatic heterocycles. The van der Waals surface area contributed by atoms with Gasteiger partial charge in [0.1, 0.15) is 22.9 Å². The number of nitrogens with zero attached hydrogens (tertiary/aromatic N) is 1. The van der Waals surface area contributed by atoms with Gasteiger partial charge >= 0.3 is 24.1 Å². The minimum atomic E-state index is -0.919. The lowest BCUT2D eigenvalue weighted by Crippen LogP contribution is -2.48. The summed E-state index contributed by atoms with van der Waals surface area (Å²) < 4.78 is 20.4. The van der Waals surface area contributed by atoms with Crippen LogP contribution in [0.5, 0.6) is 0 Å². The Morgan fingerprint density at radius 2 is 1.39 bits per heavy atom. The molecule has 31 heavy (non-hydrogen) atoms. The summed E-state index contributed by atoms with van der Waals surface area (Å²) in [4.78, 5) is 51.0. The molecule has 2 atom stereocenters. The molecule has 0 aromatic carbocycles. The molecule has 2 amide bonds. The van der Waals surface area contributed by atoms with Crippen molar-refractivity contribution in [2.45, 2.75) is 77.7 Å². The number of hydrogen-bond acceptors (Lipinski definition) is 8. The van der Waals surface area contributed by atoms with Crippen molar-refractivity contribution in [1.29, 1.82) is 0 Å². The molecule has 0 unspecified atom stereocenters. The Morgan fingerprint density at radius 3 is 1.84 bits per heavy atom. The van der Waals surface area contributed by atoms with Crippen LogP contribution in [0, 0.1) is 0 Å². The molecule has 1 saturated heterocycles. The van der Waals surface area contributed by atoms with Crippen LogP contribution in [0.25, 0.3) is 0 Å². The molecule has 11 heteroatoms. The van der Waals surface area contributed by atoms with Gasteiger partial charge in [-0.15, -0.1) is 0 Å². The summed E-state index contributed by atoms with van der Waals surface area (Å²) in [6.07, 6.45) is -1.07. The van der Waals surface area contributed by atoms with E-state index in [0.717, 1.165) is 7.11 Å². The highest BCUT2D eigenvalue weighted by Gasteiger charge is 2.46. The Labute approximate surface area is 190 Å². The number of methoxy groups -OCH3 is 2. The number of carbonyl (C=O) groups is 4. The maximum Gasteiger partial charge on any atom is 0.412 e. The van der Waals surface area contributed by atoms with Gasteiger partial charge in [0.15, 0.2) is 0 Å². The number of likely N-dealkylation sites (tertiary alicyclic amines) is 1. The topological polar surface area (TPSA) is 120 Å². The first-order valence-electron chi connectivity index (χ1n) is 9.68. The largest absolute Gasteiger partial charge is 0.467 e. The van der Waals surface area contributed by atoms with Crippen molar-refractivity contribution in [3.63, 3.8) is 0 Å². The number of alkyl carbamates (subject to hydrolysis) is 1. The molecule has 0 saturated carbocycles. The molecule has 1 aliphatic heterocycles. The van der Waals surface area contributed by atoms with E-state index in [0.29, 0.717) is 6.42 Å². The number of amides is 2. The molecule has 0 radical (unpaired) electrons. The van der Waals surface area contributed by atoms with Gasteiger partial charge < -0.3 is 18.9 Å². The van der Waals surface area contributed by atoms with Crippen molar-refractivity contribution in [2.24, 2.45) is 0 Å². The third kappa shape index (κ3) is 7.71. The van der Waals surface area contributed by atoms with Crippen LogP contribution in [-0.4, -0.2) is 66.5 Å². The van der Waals surface area contributed by atoms with Crippen LogP contribution in [0.2, 0.25) is 0 Å². The smallest absolute Gasteiger partial charge is 0.412 e. The number of nitrogens with one attached hydrogen (secondary N) is 1. The number of rotatable bonds is 4. The van der Waals surface area contributed by atoms with Gasteiger partial charge in [-0.3, -0.25) is 10.2 Å². The summed E-state index contributed by atoms with van der Waals surface area (Å²) in [6.45, 7) is 10.1. The summed E-state index contributed by atoms with van der Waals surface area (Å²) in [5, 5.41) is 2.37. The maximum atomic E-state index is 12.9. The van der Waals surface area contributed by atoms with Crippen LogP contribution in [0.15, 0.2) is 10.2 Å². The summed E-state index contributed by atoms with van der Waals surface area (Å²) in [5.74, 6) is -1.48. The highest BCUT2D eigenvalue weighted by molar-refractivity contribution is 9.11. The first-order chi connectivity index (χ1) is 14.1. The summed E-state index contributed by atoms with van der Waals surface area (Å²) in [5.41, 5.74) is -1.87. The van der Waals surface area contributed by atoms with E-state index >= 15 is 0 Å². The number of hydrogen-bond donors (Lipinski definition) is 1. The predicted octanol–water partition coefficient (Wildman–Crippen LogP) is 3.23. The highest BCUT2D eigenvalue weighted by atomic mass is 79.9. The minimum absolute atomic E-state index is 0.141. The Hall–Kier alpha value is -2.30. The molecule has 0 aliphatic carbocycles. The van der Waals surface area contributed by atoms with Gasteiger partial charge in [-0.25, -0.2) is 19.2 Å². The first kappa shape index (κ1) is 26.7. The van der Waals surface area contributed by atoms with Crippen LogP contribution in [-0.2, 0) is 28.5 Å². The minimum Gasteiger partial charge on any atom is -0.467 e. The van der Waals surface area contributed by atoms with Gasteiger partial charge in [0.05, 0.1) is 20.3 Å². The molecule has 1 aliphatic rings. The van der Waals surface area contributed by atoms with Crippen molar-refractivity contribution in [2.75, 3.05) is 14.2 Å².